The zero-order valence-electron chi connectivity index (χ0n) is 17.7. The Bertz CT molecular complexity index is 1480. The first-order chi connectivity index (χ1) is 16.2. The van der Waals surface area contributed by atoms with Gasteiger partial charge in [0.2, 0.25) is 0 Å². The van der Waals surface area contributed by atoms with E-state index >= 15 is 0 Å². The van der Waals surface area contributed by atoms with Gasteiger partial charge < -0.3 is 0 Å². The molecule has 1 aromatic heterocycles. The standard InChI is InChI=1S/C30H18N2S/c1-32-26-14-10-22(11-15-26)3-7-24-13-17-28-27-16-12-23(18-29(27)33-30(28)19-24)6-2-21-4-8-25(20-31)9-5-21/h2-19H/b6-2+,7-3+. The molecule has 1 heterocycles. The van der Waals surface area contributed by atoms with Crippen LogP contribution in [0.2, 0.25) is 0 Å². The second-order valence-corrected chi connectivity index (χ2v) is 8.80. The highest BCUT2D eigenvalue weighted by atomic mass is 32.1. The number of nitrogens with zero attached hydrogens (tertiary/aromatic N) is 2. The Morgan fingerprint density at radius 1 is 0.636 bits per heavy atom. The minimum atomic E-state index is 0.657. The van der Waals surface area contributed by atoms with E-state index in [0.29, 0.717) is 11.3 Å². The SMILES string of the molecule is [C-]#[N+]c1ccc(/C=C/c2ccc3c(c2)sc2cc(/C=C/c4ccc(C#N)cc4)ccc23)cc1. The second-order valence-electron chi connectivity index (χ2n) is 7.72. The molecular formula is C30H18N2S. The summed E-state index contributed by atoms with van der Waals surface area (Å²) in [4.78, 5) is 3.44. The van der Waals surface area contributed by atoms with Crippen LogP contribution in [0.5, 0.6) is 0 Å². The average Bonchev–Trinajstić information content (AvgIpc) is 3.23. The van der Waals surface area contributed by atoms with E-state index in [1.54, 1.807) is 11.3 Å². The number of nitriles is 1. The molecule has 2 nitrogen and oxygen atoms in total. The Kier molecular flexibility index (Phi) is 5.56. The molecule has 0 spiro atoms. The first kappa shape index (κ1) is 20.5. The molecule has 0 bridgehead atoms. The predicted octanol–water partition coefficient (Wildman–Crippen LogP) is 8.82. The van der Waals surface area contributed by atoms with E-state index < -0.39 is 0 Å². The molecule has 3 heteroatoms. The zero-order chi connectivity index (χ0) is 22.6. The van der Waals surface area contributed by atoms with E-state index in [9.17, 15) is 0 Å². The topological polar surface area (TPSA) is 28.1 Å². The first-order valence-corrected chi connectivity index (χ1v) is 11.3. The molecule has 0 saturated carbocycles. The lowest BCUT2D eigenvalue weighted by Gasteiger charge is -1.98. The molecule has 0 atom stereocenters. The van der Waals surface area contributed by atoms with Gasteiger partial charge in [-0.15, -0.1) is 11.3 Å². The largest absolute Gasteiger partial charge is 0.238 e. The zero-order valence-corrected chi connectivity index (χ0v) is 18.5. The highest BCUT2D eigenvalue weighted by Crippen LogP contribution is 2.35. The van der Waals surface area contributed by atoms with E-state index in [0.717, 1.165) is 22.3 Å². The van der Waals surface area contributed by atoms with Gasteiger partial charge in [-0.25, -0.2) is 4.85 Å². The Morgan fingerprint density at radius 2 is 1.09 bits per heavy atom. The van der Waals surface area contributed by atoms with Gasteiger partial charge in [0.05, 0.1) is 18.2 Å². The molecule has 0 aliphatic rings. The predicted molar refractivity (Wildman–Crippen MR) is 141 cm³/mol. The molecule has 0 N–H and O–H groups in total. The molecule has 154 valence electrons. The summed E-state index contributed by atoms with van der Waals surface area (Å²) in [6, 6.07) is 30.5. The Labute approximate surface area is 196 Å². The van der Waals surface area contributed by atoms with Crippen LogP contribution in [0.3, 0.4) is 0 Å². The maximum atomic E-state index is 8.93. The molecule has 0 saturated heterocycles. The molecule has 4 aromatic carbocycles. The van der Waals surface area contributed by atoms with Crippen molar-refractivity contribution >= 4 is 61.5 Å². The van der Waals surface area contributed by atoms with Crippen LogP contribution in [0.25, 0.3) is 49.3 Å². The van der Waals surface area contributed by atoms with Crippen LogP contribution < -0.4 is 0 Å². The molecule has 0 aliphatic heterocycles. The normalized spacial score (nSPS) is 11.3. The van der Waals surface area contributed by atoms with E-state index in [2.05, 4.69) is 71.6 Å². The molecule has 5 rings (SSSR count). The van der Waals surface area contributed by atoms with Gasteiger partial charge in [0.25, 0.3) is 0 Å². The maximum absolute atomic E-state index is 8.93. The molecular weight excluding hydrogens is 420 g/mol. The van der Waals surface area contributed by atoms with Crippen molar-refractivity contribution in [1.29, 1.82) is 5.26 Å². The van der Waals surface area contributed by atoms with Crippen LogP contribution in [0.4, 0.5) is 5.69 Å². The summed E-state index contributed by atoms with van der Waals surface area (Å²) in [5, 5.41) is 11.5. The fourth-order valence-electron chi connectivity index (χ4n) is 3.73. The summed E-state index contributed by atoms with van der Waals surface area (Å²) in [6.45, 7) is 7.06. The summed E-state index contributed by atoms with van der Waals surface area (Å²) in [6.07, 6.45) is 8.37. The second kappa shape index (κ2) is 8.97. The number of hydrogen-bond donors (Lipinski definition) is 0. The minimum absolute atomic E-state index is 0.657. The molecule has 33 heavy (non-hydrogen) atoms. The lowest BCUT2D eigenvalue weighted by atomic mass is 10.1. The number of rotatable bonds is 4. The third-order valence-corrected chi connectivity index (χ3v) is 6.64. The van der Waals surface area contributed by atoms with E-state index in [1.807, 2.05) is 48.5 Å². The lowest BCUT2D eigenvalue weighted by Crippen LogP contribution is -1.76. The highest BCUT2D eigenvalue weighted by Gasteiger charge is 2.06. The van der Waals surface area contributed by atoms with Crippen LogP contribution >= 0.6 is 11.3 Å². The van der Waals surface area contributed by atoms with Crippen molar-refractivity contribution in [2.75, 3.05) is 0 Å². The van der Waals surface area contributed by atoms with E-state index in [1.165, 1.54) is 20.2 Å². The fourth-order valence-corrected chi connectivity index (χ4v) is 4.93. The van der Waals surface area contributed by atoms with Crippen LogP contribution in [0, 0.1) is 17.9 Å². The molecule has 0 unspecified atom stereocenters. The molecule has 0 fully saturated rings. The van der Waals surface area contributed by atoms with Gasteiger partial charge in [-0.05, 0) is 46.5 Å². The smallest absolute Gasteiger partial charge is 0.187 e. The van der Waals surface area contributed by atoms with Crippen LogP contribution in [0.1, 0.15) is 27.8 Å². The molecule has 0 radical (unpaired) electrons. The third kappa shape index (κ3) is 4.46. The maximum Gasteiger partial charge on any atom is 0.187 e. The van der Waals surface area contributed by atoms with Crippen molar-refractivity contribution in [3.05, 3.63) is 124 Å². The van der Waals surface area contributed by atoms with Gasteiger partial charge >= 0.3 is 0 Å². The van der Waals surface area contributed by atoms with Crippen molar-refractivity contribution < 1.29 is 0 Å². The number of benzene rings is 4. The Balaban J connectivity index is 1.40. The van der Waals surface area contributed by atoms with Crippen LogP contribution in [-0.4, -0.2) is 0 Å². The average molecular weight is 439 g/mol. The molecule has 5 aromatic rings. The van der Waals surface area contributed by atoms with E-state index in [4.69, 9.17) is 11.8 Å². The van der Waals surface area contributed by atoms with Gasteiger partial charge in [0.15, 0.2) is 5.69 Å². The quantitative estimate of drug-likeness (QED) is 0.203. The van der Waals surface area contributed by atoms with Crippen LogP contribution in [0.15, 0.2) is 84.9 Å². The first-order valence-electron chi connectivity index (χ1n) is 10.5. The summed E-state index contributed by atoms with van der Waals surface area (Å²) in [5.41, 5.74) is 5.80. The monoisotopic (exact) mass is 438 g/mol. The summed E-state index contributed by atoms with van der Waals surface area (Å²) in [7, 11) is 0. The Morgan fingerprint density at radius 3 is 1.58 bits per heavy atom. The van der Waals surface area contributed by atoms with Gasteiger partial charge in [-0.1, -0.05) is 85.0 Å². The van der Waals surface area contributed by atoms with Crippen molar-refractivity contribution in [1.82, 2.24) is 0 Å². The third-order valence-electron chi connectivity index (χ3n) is 5.52. The van der Waals surface area contributed by atoms with Crippen LogP contribution in [-0.2, 0) is 0 Å². The van der Waals surface area contributed by atoms with Crippen molar-refractivity contribution in [2.24, 2.45) is 0 Å². The van der Waals surface area contributed by atoms with Gasteiger partial charge in [0.1, 0.15) is 0 Å². The fraction of sp³-hybridized carbons (Fsp3) is 0. The summed E-state index contributed by atoms with van der Waals surface area (Å²) < 4.78 is 2.53. The lowest BCUT2D eigenvalue weighted by molar-refractivity contribution is 1.48. The summed E-state index contributed by atoms with van der Waals surface area (Å²) in [5.74, 6) is 0. The minimum Gasteiger partial charge on any atom is -0.238 e. The highest BCUT2D eigenvalue weighted by molar-refractivity contribution is 7.25. The Hall–Kier alpha value is -4.44. The number of thiophene rings is 1. The summed E-state index contributed by atoms with van der Waals surface area (Å²) >= 11 is 1.81. The van der Waals surface area contributed by atoms with Gasteiger partial charge in [-0.3, -0.25) is 0 Å². The van der Waals surface area contributed by atoms with Gasteiger partial charge in [-0.2, -0.15) is 5.26 Å². The van der Waals surface area contributed by atoms with E-state index in [-0.39, 0.29) is 0 Å². The number of hydrogen-bond acceptors (Lipinski definition) is 2. The van der Waals surface area contributed by atoms with Crippen molar-refractivity contribution in [3.8, 4) is 6.07 Å². The number of fused-ring (bicyclic) bond motifs is 3. The van der Waals surface area contributed by atoms with Crippen molar-refractivity contribution in [2.45, 2.75) is 0 Å². The molecule has 0 amide bonds. The molecule has 0 aliphatic carbocycles. The van der Waals surface area contributed by atoms with Crippen molar-refractivity contribution in [3.63, 3.8) is 0 Å². The van der Waals surface area contributed by atoms with Gasteiger partial charge in [0, 0.05) is 20.2 Å².